The van der Waals surface area contributed by atoms with Crippen molar-refractivity contribution in [3.8, 4) is 0 Å². The fourth-order valence-corrected chi connectivity index (χ4v) is 1.10. The third kappa shape index (κ3) is 1.85. The Morgan fingerprint density at radius 3 is 1.44 bits per heavy atom. The van der Waals surface area contributed by atoms with Crippen molar-refractivity contribution in [2.45, 2.75) is 40.0 Å². The highest BCUT2D eigenvalue weighted by Gasteiger charge is 2.18. The van der Waals surface area contributed by atoms with Gasteiger partial charge in [0.1, 0.15) is 0 Å². The Labute approximate surface area is 59.0 Å². The molecule has 0 aliphatic heterocycles. The molecule has 0 fully saturated rings. The molecule has 0 rings (SSSR count). The second-order valence-electron chi connectivity index (χ2n) is 2.59. The minimum Gasteiger partial charge on any atom is -0.0784 e. The van der Waals surface area contributed by atoms with Crippen LogP contribution >= 0.6 is 0 Å². The maximum absolute atomic E-state index is 5.51. The predicted octanol–water partition coefficient (Wildman–Crippen LogP) is 3.19. The van der Waals surface area contributed by atoms with Crippen LogP contribution in [0, 0.1) is 12.0 Å². The van der Waals surface area contributed by atoms with E-state index in [1.54, 1.807) is 0 Å². The minimum atomic E-state index is 0.319. The molecule has 0 spiro atoms. The second-order valence-corrected chi connectivity index (χ2v) is 2.59. The normalized spacial score (nSPS) is 11.4. The molecule has 0 unspecified atom stereocenters. The number of allylic oxidation sites excluding steroid dienone is 1. The van der Waals surface area contributed by atoms with Crippen molar-refractivity contribution >= 4 is 0 Å². The first-order valence-electron chi connectivity index (χ1n) is 3.80. The van der Waals surface area contributed by atoms with Gasteiger partial charge in [0.2, 0.25) is 0 Å². The molecule has 0 N–H and O–H groups in total. The van der Waals surface area contributed by atoms with E-state index in [1.807, 2.05) is 6.08 Å². The summed E-state index contributed by atoms with van der Waals surface area (Å²) in [4.78, 5) is 0. The fourth-order valence-electron chi connectivity index (χ4n) is 1.10. The zero-order chi connectivity index (χ0) is 7.33. The first-order valence-corrected chi connectivity index (χ1v) is 3.80. The molecule has 0 bridgehead atoms. The van der Waals surface area contributed by atoms with Crippen molar-refractivity contribution in [1.82, 2.24) is 0 Å². The van der Waals surface area contributed by atoms with Crippen LogP contribution < -0.4 is 0 Å². The average Bonchev–Trinajstić information content (AvgIpc) is 1.95. The van der Waals surface area contributed by atoms with E-state index in [-0.39, 0.29) is 0 Å². The molecule has 0 aliphatic rings. The second kappa shape index (κ2) is 3.71. The van der Waals surface area contributed by atoms with Crippen LogP contribution in [0.1, 0.15) is 40.0 Å². The molecule has 0 heterocycles. The summed E-state index contributed by atoms with van der Waals surface area (Å²) in [6.07, 6.45) is 5.34. The van der Waals surface area contributed by atoms with E-state index in [0.29, 0.717) is 5.41 Å². The van der Waals surface area contributed by atoms with Gasteiger partial charge in [-0.3, -0.25) is 0 Å². The molecule has 0 saturated heterocycles. The molecule has 0 heteroatoms. The lowest BCUT2D eigenvalue weighted by Gasteiger charge is -2.25. The lowest BCUT2D eigenvalue weighted by molar-refractivity contribution is 0.339. The minimum absolute atomic E-state index is 0.319. The maximum Gasteiger partial charge on any atom is -0.0123 e. The Hall–Kier alpha value is -0.260. The van der Waals surface area contributed by atoms with E-state index in [0.717, 1.165) is 19.3 Å². The number of rotatable bonds is 4. The van der Waals surface area contributed by atoms with E-state index in [1.165, 1.54) is 0 Å². The summed E-state index contributed by atoms with van der Waals surface area (Å²) in [7, 11) is 0. The third-order valence-corrected chi connectivity index (χ3v) is 2.47. The van der Waals surface area contributed by atoms with Crippen LogP contribution in [0.15, 0.2) is 6.08 Å². The summed E-state index contributed by atoms with van der Waals surface area (Å²) in [5, 5.41) is 0. The Morgan fingerprint density at radius 2 is 1.44 bits per heavy atom. The molecule has 1 radical (unpaired) electrons. The molecule has 0 nitrogen and oxygen atoms in total. The summed E-state index contributed by atoms with van der Waals surface area (Å²) in [5.41, 5.74) is 0.319. The summed E-state index contributed by atoms with van der Waals surface area (Å²) >= 11 is 0. The van der Waals surface area contributed by atoms with Gasteiger partial charge in [-0.2, -0.15) is 0 Å². The molecule has 0 saturated carbocycles. The van der Waals surface area contributed by atoms with Gasteiger partial charge in [0, 0.05) is 0 Å². The van der Waals surface area contributed by atoms with Crippen molar-refractivity contribution in [2.75, 3.05) is 0 Å². The van der Waals surface area contributed by atoms with Crippen LogP contribution in [-0.2, 0) is 0 Å². The zero-order valence-electron chi connectivity index (χ0n) is 6.78. The van der Waals surface area contributed by atoms with Gasteiger partial charge >= 0.3 is 0 Å². The SMILES string of the molecule is [CH]=CC(CC)(CC)CC. The standard InChI is InChI=1S/C9H17/c1-5-9(6-2,7-3)8-4/h1,5H,6-8H2,2-4H3. The molecule has 53 valence electrons. The van der Waals surface area contributed by atoms with Gasteiger partial charge in [-0.25, -0.2) is 0 Å². The van der Waals surface area contributed by atoms with E-state index in [9.17, 15) is 0 Å². The molecule has 0 aromatic carbocycles. The topological polar surface area (TPSA) is 0 Å². The molecule has 0 aromatic heterocycles. The van der Waals surface area contributed by atoms with E-state index >= 15 is 0 Å². The molecule has 9 heavy (non-hydrogen) atoms. The Kier molecular flexibility index (Phi) is 3.60. The first kappa shape index (κ1) is 8.74. The van der Waals surface area contributed by atoms with Crippen LogP contribution in [-0.4, -0.2) is 0 Å². The molecule has 0 aromatic rings. The highest BCUT2D eigenvalue weighted by Crippen LogP contribution is 2.30. The molecule has 0 atom stereocenters. The Morgan fingerprint density at radius 1 is 1.11 bits per heavy atom. The van der Waals surface area contributed by atoms with Crippen LogP contribution in [0.2, 0.25) is 0 Å². The quantitative estimate of drug-likeness (QED) is 0.541. The van der Waals surface area contributed by atoms with Crippen LogP contribution in [0.4, 0.5) is 0 Å². The highest BCUT2D eigenvalue weighted by atomic mass is 14.2. The fraction of sp³-hybridized carbons (Fsp3) is 0.778. The highest BCUT2D eigenvalue weighted by molar-refractivity contribution is 4.89. The van der Waals surface area contributed by atoms with Gasteiger partial charge in [0.05, 0.1) is 0 Å². The van der Waals surface area contributed by atoms with Crippen molar-refractivity contribution in [3.63, 3.8) is 0 Å². The van der Waals surface area contributed by atoms with Gasteiger partial charge in [0.15, 0.2) is 0 Å². The number of hydrogen-bond donors (Lipinski definition) is 0. The Balaban J connectivity index is 3.98. The largest absolute Gasteiger partial charge is 0.0784 e. The van der Waals surface area contributed by atoms with Crippen molar-refractivity contribution in [3.05, 3.63) is 12.7 Å². The Bertz CT molecular complexity index is 69.8. The molecular formula is C9H17. The lowest BCUT2D eigenvalue weighted by Crippen LogP contribution is -2.12. The molecule has 0 amide bonds. The summed E-state index contributed by atoms with van der Waals surface area (Å²) in [6.45, 7) is 12.1. The van der Waals surface area contributed by atoms with E-state index in [2.05, 4.69) is 20.8 Å². The first-order chi connectivity index (χ1) is 4.24. The summed E-state index contributed by atoms with van der Waals surface area (Å²) in [5.74, 6) is 0. The van der Waals surface area contributed by atoms with E-state index in [4.69, 9.17) is 6.58 Å². The maximum atomic E-state index is 5.51. The average molecular weight is 125 g/mol. The monoisotopic (exact) mass is 125 g/mol. The van der Waals surface area contributed by atoms with Gasteiger partial charge in [-0.05, 0) is 24.7 Å². The van der Waals surface area contributed by atoms with Gasteiger partial charge < -0.3 is 0 Å². The van der Waals surface area contributed by atoms with Crippen LogP contribution in [0.5, 0.6) is 0 Å². The predicted molar refractivity (Wildman–Crippen MR) is 42.2 cm³/mol. The summed E-state index contributed by atoms with van der Waals surface area (Å²) in [6, 6.07) is 0. The third-order valence-electron chi connectivity index (χ3n) is 2.47. The smallest absolute Gasteiger partial charge is 0.0123 e. The zero-order valence-corrected chi connectivity index (χ0v) is 6.78. The summed E-state index contributed by atoms with van der Waals surface area (Å²) < 4.78 is 0. The van der Waals surface area contributed by atoms with E-state index < -0.39 is 0 Å². The van der Waals surface area contributed by atoms with Gasteiger partial charge in [-0.1, -0.05) is 33.4 Å². The van der Waals surface area contributed by atoms with Crippen molar-refractivity contribution < 1.29 is 0 Å². The van der Waals surface area contributed by atoms with Crippen molar-refractivity contribution in [2.24, 2.45) is 5.41 Å². The van der Waals surface area contributed by atoms with Crippen molar-refractivity contribution in [1.29, 1.82) is 0 Å². The molecular weight excluding hydrogens is 108 g/mol. The lowest BCUT2D eigenvalue weighted by atomic mass is 9.80. The van der Waals surface area contributed by atoms with Crippen LogP contribution in [0.3, 0.4) is 0 Å². The molecule has 0 aliphatic carbocycles. The van der Waals surface area contributed by atoms with Crippen LogP contribution in [0.25, 0.3) is 0 Å². The number of hydrogen-bond acceptors (Lipinski definition) is 0. The van der Waals surface area contributed by atoms with Gasteiger partial charge in [-0.15, -0.1) is 0 Å². The van der Waals surface area contributed by atoms with Gasteiger partial charge in [0.25, 0.3) is 0 Å².